The summed E-state index contributed by atoms with van der Waals surface area (Å²) in [4.78, 5) is 4.94. The third-order valence-corrected chi connectivity index (χ3v) is 3.69. The third-order valence-electron chi connectivity index (χ3n) is 3.57. The van der Waals surface area contributed by atoms with Gasteiger partial charge in [0, 0.05) is 24.2 Å². The zero-order chi connectivity index (χ0) is 25.2. The molecule has 0 aliphatic rings. The number of nitrogens with one attached hydrogen (secondary N) is 1. The van der Waals surface area contributed by atoms with Gasteiger partial charge in [-0.1, -0.05) is 109 Å². The summed E-state index contributed by atoms with van der Waals surface area (Å²) in [6.45, 7) is 22.8. The molecule has 0 unspecified atom stereocenters. The number of aliphatic imine (C=N–C) groups is 1. The molecule has 0 heterocycles. The first-order valence-electron chi connectivity index (χ1n) is 11.7. The van der Waals surface area contributed by atoms with Crippen molar-refractivity contribution >= 4 is 18.3 Å². The second-order valence-corrected chi connectivity index (χ2v) is 7.19. The van der Waals surface area contributed by atoms with E-state index < -0.39 is 0 Å². The maximum absolute atomic E-state index is 4.03. The lowest BCUT2D eigenvalue weighted by Crippen LogP contribution is -2.10. The van der Waals surface area contributed by atoms with Gasteiger partial charge in [0.2, 0.25) is 0 Å². The van der Waals surface area contributed by atoms with Gasteiger partial charge in [-0.05, 0) is 49.6 Å². The van der Waals surface area contributed by atoms with Crippen LogP contribution in [0.2, 0.25) is 0 Å². The molecule has 0 fully saturated rings. The summed E-state index contributed by atoms with van der Waals surface area (Å²) in [6, 6.07) is 20.8. The monoisotopic (exact) mass is 456 g/mol. The van der Waals surface area contributed by atoms with Crippen LogP contribution in [0.5, 0.6) is 0 Å². The van der Waals surface area contributed by atoms with E-state index in [-0.39, 0.29) is 0 Å². The van der Waals surface area contributed by atoms with E-state index >= 15 is 0 Å². The number of nitrogens with zero attached hydrogens (tertiary/aromatic N) is 1. The lowest BCUT2D eigenvalue weighted by atomic mass is 10.2. The van der Waals surface area contributed by atoms with Gasteiger partial charge in [-0.3, -0.25) is 4.99 Å². The molecule has 0 saturated carbocycles. The maximum atomic E-state index is 4.03. The van der Waals surface area contributed by atoms with E-state index in [4.69, 9.17) is 0 Å². The van der Waals surface area contributed by atoms with E-state index in [9.17, 15) is 0 Å². The molecular formula is C29H48N2S. The maximum Gasteiger partial charge on any atom is 0.0397 e. The summed E-state index contributed by atoms with van der Waals surface area (Å²) in [6.07, 6.45) is 3.87. The van der Waals surface area contributed by atoms with Crippen molar-refractivity contribution in [1.29, 1.82) is 0 Å². The number of aryl methyl sites for hydroxylation is 1. The number of hydrogen-bond acceptors (Lipinski definition) is 3. The molecular weight excluding hydrogens is 408 g/mol. The molecule has 2 aromatic carbocycles. The summed E-state index contributed by atoms with van der Waals surface area (Å²) in [5.41, 5.74) is 4.86. The van der Waals surface area contributed by atoms with Gasteiger partial charge in [0.25, 0.3) is 0 Å². The highest BCUT2D eigenvalue weighted by molar-refractivity contribution is 7.84. The number of benzene rings is 2. The zero-order valence-corrected chi connectivity index (χ0v) is 23.0. The quantitative estimate of drug-likeness (QED) is 0.328. The van der Waals surface area contributed by atoms with Crippen molar-refractivity contribution < 1.29 is 0 Å². The Bertz CT molecular complexity index is 680. The van der Waals surface area contributed by atoms with E-state index in [1.54, 1.807) is 6.20 Å². The highest BCUT2D eigenvalue weighted by atomic mass is 32.1. The molecule has 0 atom stereocenters. The molecule has 0 aliphatic heterocycles. The smallest absolute Gasteiger partial charge is 0.0397 e. The number of allylic oxidation sites excluding steroid dienone is 2. The van der Waals surface area contributed by atoms with Crippen molar-refractivity contribution in [2.45, 2.75) is 81.7 Å². The first-order chi connectivity index (χ1) is 15.4. The van der Waals surface area contributed by atoms with E-state index in [0.717, 1.165) is 35.7 Å². The van der Waals surface area contributed by atoms with Crippen LogP contribution in [0, 0.1) is 0 Å². The Morgan fingerprint density at radius 3 is 1.56 bits per heavy atom. The standard InChI is InChI=1S/C11H15N.C8H10.C6H11NS.2C2H6/c1-3-10(2)12-9-11-7-5-4-6-8-11;1-2-8-6-4-3-5-7-8;1-5(2)7-4-6(3)8;2*1-2/h4-8,12H,2-3,9H2,1H3;3-7H,2H2,1H3;4,8H,1-3H3;2*1-2H3/b;;6-4+;;. The van der Waals surface area contributed by atoms with Crippen molar-refractivity contribution in [2.75, 3.05) is 0 Å². The van der Waals surface area contributed by atoms with Crippen LogP contribution < -0.4 is 5.32 Å². The summed E-state index contributed by atoms with van der Waals surface area (Å²) in [5.74, 6) is 0. The highest BCUT2D eigenvalue weighted by Gasteiger charge is 1.90. The van der Waals surface area contributed by atoms with Crippen LogP contribution in [-0.2, 0) is 13.0 Å². The number of thiol groups is 1. The summed E-state index contributed by atoms with van der Waals surface area (Å²) in [5, 5.41) is 3.25. The minimum atomic E-state index is 0.882. The Morgan fingerprint density at radius 2 is 1.28 bits per heavy atom. The van der Waals surface area contributed by atoms with Crippen LogP contribution in [0.1, 0.15) is 79.9 Å². The van der Waals surface area contributed by atoms with Gasteiger partial charge in [0.15, 0.2) is 0 Å². The van der Waals surface area contributed by atoms with Crippen molar-refractivity contribution in [3.05, 3.63) is 95.2 Å². The molecule has 0 amide bonds. The molecule has 3 heteroatoms. The van der Waals surface area contributed by atoms with Crippen molar-refractivity contribution in [3.63, 3.8) is 0 Å². The minimum absolute atomic E-state index is 0.882. The Hall–Kier alpha value is -2.26. The lowest BCUT2D eigenvalue weighted by Gasteiger charge is -2.06. The van der Waals surface area contributed by atoms with Crippen molar-refractivity contribution in [2.24, 2.45) is 4.99 Å². The summed E-state index contributed by atoms with van der Waals surface area (Å²) >= 11 is 4.03. The second-order valence-electron chi connectivity index (χ2n) is 6.48. The van der Waals surface area contributed by atoms with E-state index in [0.29, 0.717) is 0 Å². The molecule has 2 aromatic rings. The van der Waals surface area contributed by atoms with Gasteiger partial charge < -0.3 is 5.32 Å². The predicted octanol–water partition coefficient (Wildman–Crippen LogP) is 9.26. The lowest BCUT2D eigenvalue weighted by molar-refractivity contribution is 0.777. The van der Waals surface area contributed by atoms with Crippen LogP contribution in [0.3, 0.4) is 0 Å². The fourth-order valence-corrected chi connectivity index (χ4v) is 1.94. The minimum Gasteiger partial charge on any atom is -0.385 e. The molecule has 2 rings (SSSR count). The molecule has 0 radical (unpaired) electrons. The first kappa shape index (κ1) is 34.4. The van der Waals surface area contributed by atoms with E-state index in [1.807, 2.05) is 72.7 Å². The second kappa shape index (κ2) is 26.8. The molecule has 0 spiro atoms. The molecule has 0 aromatic heterocycles. The van der Waals surface area contributed by atoms with Crippen molar-refractivity contribution in [3.8, 4) is 0 Å². The largest absolute Gasteiger partial charge is 0.385 e. The Morgan fingerprint density at radius 1 is 0.844 bits per heavy atom. The number of rotatable bonds is 6. The van der Waals surface area contributed by atoms with E-state index in [2.05, 4.69) is 79.8 Å². The highest BCUT2D eigenvalue weighted by Crippen LogP contribution is 2.00. The average molecular weight is 457 g/mol. The normalized spacial score (nSPS) is 9.00. The van der Waals surface area contributed by atoms with Gasteiger partial charge in [0.1, 0.15) is 0 Å². The predicted molar refractivity (Wildman–Crippen MR) is 153 cm³/mol. The Balaban J connectivity index is -0.000000375. The summed E-state index contributed by atoms with van der Waals surface area (Å²) < 4.78 is 0. The molecule has 0 aliphatic carbocycles. The van der Waals surface area contributed by atoms with Crippen molar-refractivity contribution in [1.82, 2.24) is 5.32 Å². The van der Waals surface area contributed by atoms with Crippen LogP contribution in [0.25, 0.3) is 0 Å². The third kappa shape index (κ3) is 25.8. The molecule has 180 valence electrons. The molecule has 2 nitrogen and oxygen atoms in total. The summed E-state index contributed by atoms with van der Waals surface area (Å²) in [7, 11) is 0. The average Bonchev–Trinajstić information content (AvgIpc) is 2.85. The Kier molecular flexibility index (Phi) is 28.7. The number of hydrogen-bond donors (Lipinski definition) is 2. The molecule has 0 bridgehead atoms. The Labute approximate surface area is 205 Å². The van der Waals surface area contributed by atoms with Crippen LogP contribution in [0.15, 0.2) is 89.0 Å². The fourth-order valence-electron chi connectivity index (χ4n) is 1.88. The van der Waals surface area contributed by atoms with E-state index in [1.165, 1.54) is 11.1 Å². The molecule has 0 saturated heterocycles. The molecule has 32 heavy (non-hydrogen) atoms. The van der Waals surface area contributed by atoms with Gasteiger partial charge in [-0.15, -0.1) is 12.6 Å². The van der Waals surface area contributed by atoms with Crippen LogP contribution in [0.4, 0.5) is 0 Å². The fraction of sp³-hybridized carbons (Fsp3) is 0.414. The van der Waals surface area contributed by atoms with Gasteiger partial charge in [-0.25, -0.2) is 0 Å². The van der Waals surface area contributed by atoms with Gasteiger partial charge in [-0.2, -0.15) is 0 Å². The first-order valence-corrected chi connectivity index (χ1v) is 12.2. The zero-order valence-electron chi connectivity index (χ0n) is 22.1. The van der Waals surface area contributed by atoms with Gasteiger partial charge in [0.05, 0.1) is 0 Å². The molecule has 1 N–H and O–H groups in total. The topological polar surface area (TPSA) is 24.4 Å². The SMILES string of the molecule is C=C(CC)NCc1ccccc1.CC.CC.CC(C)=N/C=C(\C)S.CCc1ccccc1. The van der Waals surface area contributed by atoms with Crippen LogP contribution >= 0.6 is 12.6 Å². The van der Waals surface area contributed by atoms with Crippen LogP contribution in [-0.4, -0.2) is 5.71 Å². The van der Waals surface area contributed by atoms with Gasteiger partial charge >= 0.3 is 0 Å².